The number of carboxylic acids is 1. The first-order valence-electron chi connectivity index (χ1n) is 10.6. The van der Waals surface area contributed by atoms with Crippen LogP contribution in [0.4, 0.5) is 4.79 Å². The van der Waals surface area contributed by atoms with E-state index < -0.39 is 29.6 Å². The summed E-state index contributed by atoms with van der Waals surface area (Å²) in [5, 5.41) is 14.6. The van der Waals surface area contributed by atoms with E-state index in [1.165, 1.54) is 11.8 Å². The van der Waals surface area contributed by atoms with Gasteiger partial charge in [0, 0.05) is 5.92 Å². The zero-order chi connectivity index (χ0) is 22.7. The minimum atomic E-state index is -1.09. The van der Waals surface area contributed by atoms with Crippen molar-refractivity contribution in [2.75, 3.05) is 18.6 Å². The highest BCUT2D eigenvalue weighted by Gasteiger charge is 2.52. The van der Waals surface area contributed by atoms with E-state index in [-0.39, 0.29) is 12.5 Å². The van der Waals surface area contributed by atoms with Gasteiger partial charge in [-0.1, -0.05) is 48.5 Å². The first-order valence-corrected chi connectivity index (χ1v) is 12.0. The average molecular weight is 455 g/mol. The van der Waals surface area contributed by atoms with Crippen molar-refractivity contribution >= 4 is 29.7 Å². The molecule has 0 saturated heterocycles. The summed E-state index contributed by atoms with van der Waals surface area (Å²) < 4.78 is 5.53. The SMILES string of the molecule is CSCC[C@H](NC(=O)C1(NC(=O)OCC2c3ccccc3-c3ccccc32)CC1)C(=O)O. The van der Waals surface area contributed by atoms with Crippen molar-refractivity contribution in [1.29, 1.82) is 0 Å². The monoisotopic (exact) mass is 454 g/mol. The lowest BCUT2D eigenvalue weighted by Crippen LogP contribution is -2.53. The molecule has 2 aliphatic rings. The van der Waals surface area contributed by atoms with Crippen molar-refractivity contribution in [3.63, 3.8) is 0 Å². The van der Waals surface area contributed by atoms with Crippen LogP contribution in [0, 0.1) is 0 Å². The average Bonchev–Trinajstić information content (AvgIpc) is 3.50. The first-order chi connectivity index (χ1) is 15.4. The molecule has 1 fully saturated rings. The lowest BCUT2D eigenvalue weighted by Gasteiger charge is -2.21. The van der Waals surface area contributed by atoms with Crippen molar-refractivity contribution in [2.24, 2.45) is 0 Å². The van der Waals surface area contributed by atoms with Gasteiger partial charge in [-0.15, -0.1) is 0 Å². The van der Waals surface area contributed by atoms with E-state index >= 15 is 0 Å². The molecule has 32 heavy (non-hydrogen) atoms. The molecule has 168 valence electrons. The molecule has 0 aromatic heterocycles. The first kappa shape index (κ1) is 22.2. The molecule has 4 rings (SSSR count). The number of carbonyl (C=O) groups excluding carboxylic acids is 2. The third kappa shape index (κ3) is 4.46. The number of hydrogen-bond donors (Lipinski definition) is 3. The van der Waals surface area contributed by atoms with Crippen LogP contribution in [0.5, 0.6) is 0 Å². The maximum atomic E-state index is 12.7. The predicted molar refractivity (Wildman–Crippen MR) is 123 cm³/mol. The van der Waals surface area contributed by atoms with E-state index in [2.05, 4.69) is 22.8 Å². The number of carbonyl (C=O) groups is 3. The molecule has 3 N–H and O–H groups in total. The smallest absolute Gasteiger partial charge is 0.408 e. The number of thioether (sulfide) groups is 1. The van der Waals surface area contributed by atoms with E-state index in [0.717, 1.165) is 22.3 Å². The standard InChI is InChI=1S/C24H26N2O5S/c1-32-13-10-20(21(27)28)25-22(29)24(11-12-24)26-23(30)31-14-19-17-8-4-2-6-15(17)16-7-3-5-9-18(16)19/h2-9,19-20H,10-14H2,1H3,(H,25,29)(H,26,30)(H,27,28)/t20-/m0/s1. The number of aliphatic carboxylic acids is 1. The maximum Gasteiger partial charge on any atom is 0.408 e. The van der Waals surface area contributed by atoms with Crippen LogP contribution >= 0.6 is 11.8 Å². The van der Waals surface area contributed by atoms with Crippen LogP contribution in [-0.2, 0) is 14.3 Å². The van der Waals surface area contributed by atoms with Gasteiger partial charge in [-0.05, 0) is 53.5 Å². The zero-order valence-corrected chi connectivity index (χ0v) is 18.6. The van der Waals surface area contributed by atoms with Crippen molar-refractivity contribution in [3.05, 3.63) is 59.7 Å². The van der Waals surface area contributed by atoms with Crippen LogP contribution in [0.3, 0.4) is 0 Å². The lowest BCUT2D eigenvalue weighted by atomic mass is 9.98. The summed E-state index contributed by atoms with van der Waals surface area (Å²) in [4.78, 5) is 36.6. The summed E-state index contributed by atoms with van der Waals surface area (Å²) in [5.41, 5.74) is 3.41. The molecule has 0 bridgehead atoms. The Balaban J connectivity index is 1.37. The number of fused-ring (bicyclic) bond motifs is 3. The van der Waals surface area contributed by atoms with Gasteiger partial charge < -0.3 is 20.5 Å². The van der Waals surface area contributed by atoms with Gasteiger partial charge in [0.25, 0.3) is 0 Å². The number of carboxylic acid groups (broad SMARTS) is 1. The molecular formula is C24H26N2O5S. The van der Waals surface area contributed by atoms with Crippen molar-refractivity contribution in [1.82, 2.24) is 10.6 Å². The van der Waals surface area contributed by atoms with Crippen LogP contribution in [0.25, 0.3) is 11.1 Å². The number of alkyl carbamates (subject to hydrolysis) is 1. The van der Waals surface area contributed by atoms with Crippen molar-refractivity contribution in [3.8, 4) is 11.1 Å². The third-order valence-electron chi connectivity index (χ3n) is 6.08. The van der Waals surface area contributed by atoms with Gasteiger partial charge in [-0.2, -0.15) is 11.8 Å². The van der Waals surface area contributed by atoms with Crippen LogP contribution in [0.15, 0.2) is 48.5 Å². The number of hydrogen-bond acceptors (Lipinski definition) is 5. The molecule has 0 aliphatic heterocycles. The Hall–Kier alpha value is -3.00. The summed E-state index contributed by atoms with van der Waals surface area (Å²) in [6.45, 7) is 0.156. The molecule has 1 saturated carbocycles. The fourth-order valence-corrected chi connectivity index (χ4v) is 4.62. The Labute approximate surface area is 190 Å². The minimum Gasteiger partial charge on any atom is -0.480 e. The van der Waals surface area contributed by atoms with Gasteiger partial charge in [-0.3, -0.25) is 4.79 Å². The number of amides is 2. The predicted octanol–water partition coefficient (Wildman–Crippen LogP) is 3.38. The molecule has 0 heterocycles. The minimum absolute atomic E-state index is 0.0694. The van der Waals surface area contributed by atoms with Crippen LogP contribution in [-0.4, -0.2) is 53.3 Å². The Bertz CT molecular complexity index is 991. The van der Waals surface area contributed by atoms with Gasteiger partial charge in [0.1, 0.15) is 18.2 Å². The van der Waals surface area contributed by atoms with Gasteiger partial charge in [0.15, 0.2) is 0 Å². The lowest BCUT2D eigenvalue weighted by molar-refractivity contribution is -0.142. The summed E-state index contributed by atoms with van der Waals surface area (Å²) in [6.07, 6.45) is 2.44. The highest BCUT2D eigenvalue weighted by molar-refractivity contribution is 7.98. The summed E-state index contributed by atoms with van der Waals surface area (Å²) in [5.74, 6) is -1.01. The molecule has 2 amide bonds. The summed E-state index contributed by atoms with van der Waals surface area (Å²) in [7, 11) is 0. The van der Waals surface area contributed by atoms with E-state index in [0.29, 0.717) is 25.0 Å². The molecule has 2 aromatic rings. The molecule has 8 heteroatoms. The second kappa shape index (κ2) is 9.24. The second-order valence-corrected chi connectivity index (χ2v) is 9.16. The van der Waals surface area contributed by atoms with Gasteiger partial charge in [0.05, 0.1) is 0 Å². The molecular weight excluding hydrogens is 428 g/mol. The molecule has 2 aliphatic carbocycles. The molecule has 1 atom stereocenters. The molecule has 7 nitrogen and oxygen atoms in total. The quantitative estimate of drug-likeness (QED) is 0.537. The molecule has 0 unspecified atom stereocenters. The highest BCUT2D eigenvalue weighted by Crippen LogP contribution is 2.44. The van der Waals surface area contributed by atoms with Crippen LogP contribution in [0.1, 0.15) is 36.3 Å². The Kier molecular flexibility index (Phi) is 6.41. The maximum absolute atomic E-state index is 12.7. The van der Waals surface area contributed by atoms with E-state index in [1.807, 2.05) is 42.7 Å². The van der Waals surface area contributed by atoms with E-state index in [9.17, 15) is 19.5 Å². The Morgan fingerprint density at radius 2 is 1.69 bits per heavy atom. The van der Waals surface area contributed by atoms with Crippen molar-refractivity contribution in [2.45, 2.75) is 36.8 Å². The fourth-order valence-electron chi connectivity index (χ4n) is 4.15. The molecule has 0 radical (unpaired) electrons. The van der Waals surface area contributed by atoms with Crippen molar-refractivity contribution < 1.29 is 24.2 Å². The molecule has 2 aromatic carbocycles. The largest absolute Gasteiger partial charge is 0.480 e. The van der Waals surface area contributed by atoms with Gasteiger partial charge in [0.2, 0.25) is 5.91 Å². The fraction of sp³-hybridized carbons (Fsp3) is 0.375. The zero-order valence-electron chi connectivity index (χ0n) is 17.8. The van der Waals surface area contributed by atoms with E-state index in [4.69, 9.17) is 4.74 Å². The van der Waals surface area contributed by atoms with Crippen LogP contribution in [0.2, 0.25) is 0 Å². The Morgan fingerprint density at radius 3 is 2.22 bits per heavy atom. The number of rotatable bonds is 9. The number of nitrogens with one attached hydrogen (secondary N) is 2. The molecule has 0 spiro atoms. The van der Waals surface area contributed by atoms with E-state index in [1.54, 1.807) is 0 Å². The summed E-state index contributed by atoms with van der Waals surface area (Å²) >= 11 is 1.51. The van der Waals surface area contributed by atoms with Gasteiger partial charge in [-0.25, -0.2) is 9.59 Å². The Morgan fingerprint density at radius 1 is 1.09 bits per heavy atom. The summed E-state index contributed by atoms with van der Waals surface area (Å²) in [6, 6.07) is 15.2. The highest BCUT2D eigenvalue weighted by atomic mass is 32.2. The topological polar surface area (TPSA) is 105 Å². The second-order valence-electron chi connectivity index (χ2n) is 8.18. The van der Waals surface area contributed by atoms with Gasteiger partial charge >= 0.3 is 12.1 Å². The third-order valence-corrected chi connectivity index (χ3v) is 6.73. The normalized spacial score (nSPS) is 16.4. The van der Waals surface area contributed by atoms with Crippen LogP contribution < -0.4 is 10.6 Å². The number of ether oxygens (including phenoxy) is 1. The number of benzene rings is 2.